The van der Waals surface area contributed by atoms with Gasteiger partial charge in [-0.3, -0.25) is 9.59 Å². The summed E-state index contributed by atoms with van der Waals surface area (Å²) in [5, 5.41) is 6.62. The van der Waals surface area contributed by atoms with Crippen LogP contribution in [0.2, 0.25) is 10.0 Å². The molecule has 2 rings (SSSR count). The number of nitrogens with one attached hydrogen (secondary N) is 2. The number of halogens is 2. The van der Waals surface area contributed by atoms with Gasteiger partial charge in [-0.1, -0.05) is 47.5 Å². The molecule has 4 nitrogen and oxygen atoms in total. The van der Waals surface area contributed by atoms with E-state index >= 15 is 0 Å². The van der Waals surface area contributed by atoms with Gasteiger partial charge in [0, 0.05) is 28.6 Å². The Labute approximate surface area is 151 Å². The molecule has 0 spiro atoms. The molecule has 0 fully saturated rings. The summed E-state index contributed by atoms with van der Waals surface area (Å²) < 4.78 is 0. The molecule has 2 N–H and O–H groups in total. The second-order valence-electron chi connectivity index (χ2n) is 5.33. The molecule has 2 aromatic carbocycles. The summed E-state index contributed by atoms with van der Waals surface area (Å²) in [7, 11) is 0. The van der Waals surface area contributed by atoms with E-state index in [0.717, 1.165) is 5.56 Å². The van der Waals surface area contributed by atoms with Gasteiger partial charge in [-0.2, -0.15) is 0 Å². The molecule has 0 saturated heterocycles. The third-order valence-electron chi connectivity index (χ3n) is 3.48. The van der Waals surface area contributed by atoms with E-state index in [9.17, 15) is 9.59 Å². The van der Waals surface area contributed by atoms with E-state index < -0.39 is 0 Å². The van der Waals surface area contributed by atoms with Crippen molar-refractivity contribution in [2.45, 2.75) is 19.4 Å². The Kier molecular flexibility index (Phi) is 6.64. The van der Waals surface area contributed by atoms with Gasteiger partial charge < -0.3 is 10.6 Å². The number of carbonyl (C=O) groups is 2. The van der Waals surface area contributed by atoms with Gasteiger partial charge in [-0.25, -0.2) is 0 Å². The fourth-order valence-corrected chi connectivity index (χ4v) is 2.80. The molecule has 0 heterocycles. The van der Waals surface area contributed by atoms with E-state index in [1.807, 2.05) is 13.0 Å². The standard InChI is InChI=1S/C18H18Cl2N2O2/c1-12(15-8-7-14(19)11-16(15)20)22-17(23)9-10-21-18(24)13-5-3-2-4-6-13/h2-8,11-12H,9-10H2,1H3,(H,21,24)(H,22,23). The summed E-state index contributed by atoms with van der Waals surface area (Å²) >= 11 is 12.0. The van der Waals surface area contributed by atoms with Gasteiger partial charge in [-0.05, 0) is 36.8 Å². The first-order valence-corrected chi connectivity index (χ1v) is 8.30. The molecule has 0 radical (unpaired) electrons. The average molecular weight is 365 g/mol. The van der Waals surface area contributed by atoms with Crippen molar-refractivity contribution in [3.63, 3.8) is 0 Å². The molecule has 2 amide bonds. The van der Waals surface area contributed by atoms with Crippen molar-refractivity contribution in [3.8, 4) is 0 Å². The Hall–Kier alpha value is -2.04. The molecular weight excluding hydrogens is 347 g/mol. The molecule has 0 aliphatic rings. The van der Waals surface area contributed by atoms with Crippen LogP contribution in [0.3, 0.4) is 0 Å². The summed E-state index contributed by atoms with van der Waals surface area (Å²) in [5.41, 5.74) is 1.36. The molecule has 0 bridgehead atoms. The Bertz CT molecular complexity index is 720. The van der Waals surface area contributed by atoms with E-state index in [2.05, 4.69) is 10.6 Å². The van der Waals surface area contributed by atoms with Crippen LogP contribution < -0.4 is 10.6 Å². The van der Waals surface area contributed by atoms with E-state index in [-0.39, 0.29) is 30.8 Å². The lowest BCUT2D eigenvalue weighted by molar-refractivity contribution is -0.121. The second-order valence-corrected chi connectivity index (χ2v) is 6.17. The van der Waals surface area contributed by atoms with E-state index in [1.165, 1.54) is 0 Å². The molecule has 6 heteroatoms. The maximum atomic E-state index is 12.0. The van der Waals surface area contributed by atoms with Crippen molar-refractivity contribution in [1.29, 1.82) is 0 Å². The van der Waals surface area contributed by atoms with E-state index in [1.54, 1.807) is 42.5 Å². The minimum atomic E-state index is -0.243. The summed E-state index contributed by atoms with van der Waals surface area (Å²) in [6, 6.07) is 13.8. The lowest BCUT2D eigenvalue weighted by Crippen LogP contribution is -2.32. The Morgan fingerprint density at radius 2 is 1.79 bits per heavy atom. The Morgan fingerprint density at radius 1 is 1.08 bits per heavy atom. The monoisotopic (exact) mass is 364 g/mol. The molecular formula is C18H18Cl2N2O2. The van der Waals surface area contributed by atoms with Gasteiger partial charge >= 0.3 is 0 Å². The fourth-order valence-electron chi connectivity index (χ4n) is 2.23. The minimum absolute atomic E-state index is 0.165. The smallest absolute Gasteiger partial charge is 0.251 e. The van der Waals surface area contributed by atoms with Crippen LogP contribution >= 0.6 is 23.2 Å². The molecule has 0 aliphatic carbocycles. The van der Waals surface area contributed by atoms with Crippen LogP contribution in [0.4, 0.5) is 0 Å². The molecule has 126 valence electrons. The van der Waals surface area contributed by atoms with Crippen molar-refractivity contribution in [2.24, 2.45) is 0 Å². The maximum Gasteiger partial charge on any atom is 0.251 e. The highest BCUT2D eigenvalue weighted by Crippen LogP contribution is 2.26. The minimum Gasteiger partial charge on any atom is -0.352 e. The zero-order chi connectivity index (χ0) is 17.5. The fraction of sp³-hybridized carbons (Fsp3) is 0.222. The predicted molar refractivity (Wildman–Crippen MR) is 96.4 cm³/mol. The first-order chi connectivity index (χ1) is 11.5. The molecule has 2 aromatic rings. The largest absolute Gasteiger partial charge is 0.352 e. The van der Waals surface area contributed by atoms with Crippen LogP contribution in [-0.4, -0.2) is 18.4 Å². The van der Waals surface area contributed by atoms with Crippen LogP contribution in [0, 0.1) is 0 Å². The van der Waals surface area contributed by atoms with Gasteiger partial charge in [0.2, 0.25) is 5.91 Å². The first kappa shape index (κ1) is 18.3. The molecule has 1 atom stereocenters. The Balaban J connectivity index is 1.80. The van der Waals surface area contributed by atoms with Crippen molar-refractivity contribution in [2.75, 3.05) is 6.54 Å². The molecule has 1 unspecified atom stereocenters. The van der Waals surface area contributed by atoms with Crippen LogP contribution in [0.25, 0.3) is 0 Å². The number of rotatable bonds is 6. The Morgan fingerprint density at radius 3 is 2.46 bits per heavy atom. The van der Waals surface area contributed by atoms with Crippen molar-refractivity contribution >= 4 is 35.0 Å². The zero-order valence-electron chi connectivity index (χ0n) is 13.2. The van der Waals surface area contributed by atoms with Gasteiger partial charge in [0.05, 0.1) is 6.04 Å². The van der Waals surface area contributed by atoms with Gasteiger partial charge in [-0.15, -0.1) is 0 Å². The number of amides is 2. The quantitative estimate of drug-likeness (QED) is 0.813. The average Bonchev–Trinajstić information content (AvgIpc) is 2.55. The van der Waals surface area contributed by atoms with E-state index in [4.69, 9.17) is 23.2 Å². The van der Waals surface area contributed by atoms with E-state index in [0.29, 0.717) is 15.6 Å². The summed E-state index contributed by atoms with van der Waals surface area (Å²) in [6.45, 7) is 2.11. The number of carbonyl (C=O) groups excluding carboxylic acids is 2. The second kappa shape index (κ2) is 8.71. The molecule has 0 aliphatic heterocycles. The number of hydrogen-bond acceptors (Lipinski definition) is 2. The zero-order valence-corrected chi connectivity index (χ0v) is 14.7. The normalized spacial score (nSPS) is 11.6. The topological polar surface area (TPSA) is 58.2 Å². The molecule has 24 heavy (non-hydrogen) atoms. The van der Waals surface area contributed by atoms with Crippen LogP contribution in [-0.2, 0) is 4.79 Å². The third kappa shape index (κ3) is 5.25. The van der Waals surface area contributed by atoms with Gasteiger partial charge in [0.1, 0.15) is 0 Å². The highest BCUT2D eigenvalue weighted by molar-refractivity contribution is 6.35. The highest BCUT2D eigenvalue weighted by atomic mass is 35.5. The molecule has 0 aromatic heterocycles. The summed E-state index contributed by atoms with van der Waals surface area (Å²) in [6.07, 6.45) is 0.189. The van der Waals surface area contributed by atoms with Crippen LogP contribution in [0.1, 0.15) is 35.3 Å². The van der Waals surface area contributed by atoms with Gasteiger partial charge in [0.25, 0.3) is 5.91 Å². The van der Waals surface area contributed by atoms with Gasteiger partial charge in [0.15, 0.2) is 0 Å². The summed E-state index contributed by atoms with van der Waals surface area (Å²) in [4.78, 5) is 23.9. The van der Waals surface area contributed by atoms with Crippen molar-refractivity contribution in [1.82, 2.24) is 10.6 Å². The third-order valence-corrected chi connectivity index (χ3v) is 4.04. The molecule has 0 saturated carbocycles. The van der Waals surface area contributed by atoms with Crippen LogP contribution in [0.5, 0.6) is 0 Å². The van der Waals surface area contributed by atoms with Crippen LogP contribution in [0.15, 0.2) is 48.5 Å². The maximum absolute atomic E-state index is 12.0. The SMILES string of the molecule is CC(NC(=O)CCNC(=O)c1ccccc1)c1ccc(Cl)cc1Cl. The number of hydrogen-bond donors (Lipinski definition) is 2. The lowest BCUT2D eigenvalue weighted by atomic mass is 10.1. The van der Waals surface area contributed by atoms with Crippen molar-refractivity contribution < 1.29 is 9.59 Å². The number of benzene rings is 2. The highest BCUT2D eigenvalue weighted by Gasteiger charge is 2.13. The van der Waals surface area contributed by atoms with Crippen molar-refractivity contribution in [3.05, 3.63) is 69.7 Å². The lowest BCUT2D eigenvalue weighted by Gasteiger charge is -2.16. The predicted octanol–water partition coefficient (Wildman–Crippen LogP) is 3.99. The summed E-state index contributed by atoms with van der Waals surface area (Å²) in [5.74, 6) is -0.362. The first-order valence-electron chi connectivity index (χ1n) is 7.55.